The van der Waals surface area contributed by atoms with Crippen molar-refractivity contribution in [2.45, 2.75) is 18.9 Å². The summed E-state index contributed by atoms with van der Waals surface area (Å²) in [5, 5.41) is 9.46. The Morgan fingerprint density at radius 2 is 2.16 bits per heavy atom. The minimum atomic E-state index is -0.202. The Morgan fingerprint density at radius 3 is 2.74 bits per heavy atom. The molecule has 1 aromatic carbocycles. The van der Waals surface area contributed by atoms with Gasteiger partial charge in [0.25, 0.3) is 0 Å². The van der Waals surface area contributed by atoms with Gasteiger partial charge in [-0.05, 0) is 44.6 Å². The highest BCUT2D eigenvalue weighted by atomic mass is 15.1. The normalized spacial score (nSPS) is 18.5. The van der Waals surface area contributed by atoms with Crippen LogP contribution in [0.3, 0.4) is 0 Å². The summed E-state index contributed by atoms with van der Waals surface area (Å²) in [7, 11) is 6.09. The Hall–Kier alpha value is -1.86. The van der Waals surface area contributed by atoms with Crippen LogP contribution in [-0.4, -0.2) is 28.5 Å². The van der Waals surface area contributed by atoms with E-state index in [-0.39, 0.29) is 11.5 Å². The molecule has 4 nitrogen and oxygen atoms in total. The fourth-order valence-electron chi connectivity index (χ4n) is 3.02. The van der Waals surface area contributed by atoms with Gasteiger partial charge in [0.05, 0.1) is 34.9 Å². The van der Waals surface area contributed by atoms with Gasteiger partial charge in [-0.25, -0.2) is 4.98 Å². The molecule has 1 aliphatic carbocycles. The van der Waals surface area contributed by atoms with Crippen molar-refractivity contribution in [3.05, 3.63) is 30.1 Å². The summed E-state index contributed by atoms with van der Waals surface area (Å²) in [6.45, 7) is 0. The van der Waals surface area contributed by atoms with Crippen LogP contribution >= 0.6 is 0 Å². The van der Waals surface area contributed by atoms with Gasteiger partial charge in [-0.2, -0.15) is 5.26 Å². The van der Waals surface area contributed by atoms with E-state index in [1.54, 1.807) is 0 Å². The summed E-state index contributed by atoms with van der Waals surface area (Å²) in [6.07, 6.45) is 3.81. The van der Waals surface area contributed by atoms with Crippen LogP contribution in [-0.2, 0) is 7.05 Å². The minimum Gasteiger partial charge on any atom is -0.334 e. The predicted molar refractivity (Wildman–Crippen MR) is 74.4 cm³/mol. The molecule has 2 aromatic rings. The van der Waals surface area contributed by atoms with E-state index in [1.807, 2.05) is 32.0 Å². The first-order valence-electron chi connectivity index (χ1n) is 6.56. The largest absolute Gasteiger partial charge is 0.334 e. The summed E-state index contributed by atoms with van der Waals surface area (Å²) in [5.41, 5.74) is 3.12. The summed E-state index contributed by atoms with van der Waals surface area (Å²) < 4.78 is 2.01. The van der Waals surface area contributed by atoms with E-state index < -0.39 is 0 Å². The van der Waals surface area contributed by atoms with Crippen molar-refractivity contribution in [3.63, 3.8) is 0 Å². The van der Waals surface area contributed by atoms with E-state index in [4.69, 9.17) is 0 Å². The molecule has 1 atom stereocenters. The van der Waals surface area contributed by atoms with E-state index in [9.17, 15) is 5.26 Å². The number of benzene rings is 1. The molecule has 0 amide bonds. The molecule has 0 bridgehead atoms. The van der Waals surface area contributed by atoms with Gasteiger partial charge in [-0.1, -0.05) is 6.07 Å². The van der Waals surface area contributed by atoms with Crippen molar-refractivity contribution in [2.75, 3.05) is 14.1 Å². The zero-order valence-corrected chi connectivity index (χ0v) is 11.6. The maximum Gasteiger partial charge on any atom is 0.0955 e. The third kappa shape index (κ3) is 1.82. The van der Waals surface area contributed by atoms with Crippen molar-refractivity contribution < 1.29 is 0 Å². The molecule has 0 N–H and O–H groups in total. The number of imidazole rings is 1. The van der Waals surface area contributed by atoms with E-state index in [0.717, 1.165) is 23.9 Å². The van der Waals surface area contributed by atoms with Gasteiger partial charge in [0.1, 0.15) is 0 Å². The van der Waals surface area contributed by atoms with Crippen LogP contribution in [0.1, 0.15) is 24.4 Å². The number of hydrogen-bond acceptors (Lipinski definition) is 3. The van der Waals surface area contributed by atoms with E-state index in [1.165, 1.54) is 5.56 Å². The predicted octanol–water partition coefficient (Wildman–Crippen LogP) is 2.48. The molecular weight excluding hydrogens is 236 g/mol. The average Bonchev–Trinajstić information content (AvgIpc) is 3.08. The molecule has 1 aromatic heterocycles. The van der Waals surface area contributed by atoms with Crippen LogP contribution in [0.4, 0.5) is 0 Å². The molecule has 1 saturated carbocycles. The van der Waals surface area contributed by atoms with Gasteiger partial charge in [-0.3, -0.25) is 0 Å². The number of aromatic nitrogens is 2. The maximum atomic E-state index is 9.46. The Balaban J connectivity index is 2.08. The van der Waals surface area contributed by atoms with Gasteiger partial charge in [0, 0.05) is 7.05 Å². The van der Waals surface area contributed by atoms with E-state index >= 15 is 0 Å². The molecule has 0 saturated heterocycles. The van der Waals surface area contributed by atoms with Gasteiger partial charge in [-0.15, -0.1) is 0 Å². The highest BCUT2D eigenvalue weighted by molar-refractivity contribution is 5.76. The maximum absolute atomic E-state index is 9.46. The minimum absolute atomic E-state index is 0.156. The fraction of sp³-hybridized carbons (Fsp3) is 0.467. The van der Waals surface area contributed by atoms with Crippen molar-refractivity contribution in [1.29, 1.82) is 5.26 Å². The third-order valence-electron chi connectivity index (χ3n) is 4.12. The van der Waals surface area contributed by atoms with Crippen LogP contribution in [0, 0.1) is 16.7 Å². The molecule has 1 heterocycles. The monoisotopic (exact) mass is 254 g/mol. The Morgan fingerprint density at radius 1 is 1.42 bits per heavy atom. The summed E-state index contributed by atoms with van der Waals surface area (Å²) in [5.74, 6) is 0. The second-order valence-electron chi connectivity index (χ2n) is 5.74. The topological polar surface area (TPSA) is 44.9 Å². The first kappa shape index (κ1) is 12.2. The van der Waals surface area contributed by atoms with Gasteiger partial charge >= 0.3 is 0 Å². The molecule has 3 rings (SSSR count). The highest BCUT2D eigenvalue weighted by Gasteiger charge is 2.51. The Kier molecular flexibility index (Phi) is 2.61. The van der Waals surface area contributed by atoms with Crippen LogP contribution in [0.5, 0.6) is 0 Å². The van der Waals surface area contributed by atoms with Gasteiger partial charge < -0.3 is 9.47 Å². The Labute approximate surface area is 113 Å². The number of aryl methyl sites for hydroxylation is 1. The van der Waals surface area contributed by atoms with E-state index in [0.29, 0.717) is 0 Å². The molecule has 0 radical (unpaired) electrons. The SMILES string of the molecule is CN(C)C(c1ccc2c(c1)ncn2C)C1(C#N)CC1. The van der Waals surface area contributed by atoms with Crippen LogP contribution in [0.15, 0.2) is 24.5 Å². The Bertz CT molecular complexity index is 658. The molecule has 0 spiro atoms. The number of rotatable bonds is 3. The van der Waals surface area contributed by atoms with Gasteiger partial charge in [0.15, 0.2) is 0 Å². The lowest BCUT2D eigenvalue weighted by Gasteiger charge is -2.28. The van der Waals surface area contributed by atoms with Crippen LogP contribution in [0.25, 0.3) is 11.0 Å². The highest BCUT2D eigenvalue weighted by Crippen LogP contribution is 2.56. The van der Waals surface area contributed by atoms with Gasteiger partial charge in [0.2, 0.25) is 0 Å². The molecule has 98 valence electrons. The molecule has 0 aliphatic heterocycles. The lowest BCUT2D eigenvalue weighted by molar-refractivity contribution is 0.232. The number of nitriles is 1. The second-order valence-corrected chi connectivity index (χ2v) is 5.74. The lowest BCUT2D eigenvalue weighted by Crippen LogP contribution is -2.27. The molecular formula is C15H18N4. The summed E-state index contributed by atoms with van der Waals surface area (Å²) in [6, 6.07) is 9.03. The zero-order chi connectivity index (χ0) is 13.6. The third-order valence-corrected chi connectivity index (χ3v) is 4.12. The number of fused-ring (bicyclic) bond motifs is 1. The van der Waals surface area contributed by atoms with Crippen molar-refractivity contribution in [1.82, 2.24) is 14.5 Å². The second kappa shape index (κ2) is 4.07. The van der Waals surface area contributed by atoms with Crippen molar-refractivity contribution >= 4 is 11.0 Å². The van der Waals surface area contributed by atoms with Crippen LogP contribution < -0.4 is 0 Å². The van der Waals surface area contributed by atoms with Crippen molar-refractivity contribution in [2.24, 2.45) is 12.5 Å². The molecule has 1 fully saturated rings. The van der Waals surface area contributed by atoms with Crippen LogP contribution in [0.2, 0.25) is 0 Å². The molecule has 19 heavy (non-hydrogen) atoms. The molecule has 4 heteroatoms. The first-order chi connectivity index (χ1) is 9.07. The number of nitrogens with zero attached hydrogens (tertiary/aromatic N) is 4. The average molecular weight is 254 g/mol. The fourth-order valence-corrected chi connectivity index (χ4v) is 3.02. The quantitative estimate of drug-likeness (QED) is 0.845. The van der Waals surface area contributed by atoms with Crippen molar-refractivity contribution in [3.8, 4) is 6.07 Å². The molecule has 1 unspecified atom stereocenters. The standard InChI is InChI=1S/C15H18N4/c1-18(2)14(15(9-16)6-7-15)11-4-5-13-12(8-11)17-10-19(13)3/h4-5,8,10,14H,6-7H2,1-3H3. The molecule has 1 aliphatic rings. The zero-order valence-electron chi connectivity index (χ0n) is 11.6. The lowest BCUT2D eigenvalue weighted by atomic mass is 9.90. The van der Waals surface area contributed by atoms with E-state index in [2.05, 4.69) is 34.2 Å². The number of hydrogen-bond donors (Lipinski definition) is 0. The first-order valence-corrected chi connectivity index (χ1v) is 6.56. The smallest absolute Gasteiger partial charge is 0.0955 e. The summed E-state index contributed by atoms with van der Waals surface area (Å²) in [4.78, 5) is 6.56. The summed E-state index contributed by atoms with van der Waals surface area (Å²) >= 11 is 0.